The largest absolute Gasteiger partial charge is 0.507 e. The molecule has 29 heavy (non-hydrogen) atoms. The standard InChI is InChI=1S/C22H22FNO5/c1-3-29-17-6-4-5-15(13-17)20(25)18-19(14-7-9-16(23)10-8-14)24(11-12-28-2)22(27)21(18)26/h4-10,13,19,25H,3,11-12H2,1-2H3/b20-18+. The van der Waals surface area contributed by atoms with E-state index in [1.165, 1.54) is 36.3 Å². The lowest BCUT2D eigenvalue weighted by molar-refractivity contribution is -0.140. The lowest BCUT2D eigenvalue weighted by atomic mass is 9.95. The van der Waals surface area contributed by atoms with Gasteiger partial charge < -0.3 is 19.5 Å². The van der Waals surface area contributed by atoms with Crippen molar-refractivity contribution in [3.05, 3.63) is 71.0 Å². The number of aliphatic hydroxyl groups excluding tert-OH is 1. The van der Waals surface area contributed by atoms with Crippen LogP contribution in [0.25, 0.3) is 5.76 Å². The summed E-state index contributed by atoms with van der Waals surface area (Å²) in [5, 5.41) is 10.9. The maximum Gasteiger partial charge on any atom is 0.295 e. The zero-order valence-corrected chi connectivity index (χ0v) is 16.2. The molecule has 1 atom stereocenters. The molecule has 1 N–H and O–H groups in total. The van der Waals surface area contributed by atoms with Crippen LogP contribution in [0.15, 0.2) is 54.1 Å². The molecule has 1 amide bonds. The van der Waals surface area contributed by atoms with Crippen LogP contribution in [0, 0.1) is 5.82 Å². The maximum absolute atomic E-state index is 13.4. The number of amides is 1. The van der Waals surface area contributed by atoms with Gasteiger partial charge in [-0.15, -0.1) is 0 Å². The van der Waals surface area contributed by atoms with Gasteiger partial charge in [0.2, 0.25) is 0 Å². The van der Waals surface area contributed by atoms with Crippen LogP contribution in [0.4, 0.5) is 4.39 Å². The van der Waals surface area contributed by atoms with Gasteiger partial charge in [0, 0.05) is 19.2 Å². The smallest absolute Gasteiger partial charge is 0.295 e. The normalized spacial score (nSPS) is 18.3. The van der Waals surface area contributed by atoms with Gasteiger partial charge in [-0.2, -0.15) is 0 Å². The van der Waals surface area contributed by atoms with Crippen LogP contribution < -0.4 is 4.74 Å². The highest BCUT2D eigenvalue weighted by Crippen LogP contribution is 2.39. The Balaban J connectivity index is 2.13. The van der Waals surface area contributed by atoms with E-state index in [2.05, 4.69) is 0 Å². The molecule has 0 radical (unpaired) electrons. The quantitative estimate of drug-likeness (QED) is 0.439. The number of carbonyl (C=O) groups excluding carboxylic acids is 2. The molecule has 0 aliphatic carbocycles. The number of ketones is 1. The lowest BCUT2D eigenvalue weighted by Crippen LogP contribution is -2.32. The van der Waals surface area contributed by atoms with Crippen molar-refractivity contribution < 1.29 is 28.6 Å². The fourth-order valence-electron chi connectivity index (χ4n) is 3.35. The monoisotopic (exact) mass is 399 g/mol. The molecule has 6 nitrogen and oxygen atoms in total. The van der Waals surface area contributed by atoms with E-state index in [-0.39, 0.29) is 24.5 Å². The summed E-state index contributed by atoms with van der Waals surface area (Å²) in [4.78, 5) is 26.8. The predicted octanol–water partition coefficient (Wildman–Crippen LogP) is 3.29. The molecule has 1 heterocycles. The molecule has 0 spiro atoms. The zero-order chi connectivity index (χ0) is 21.0. The predicted molar refractivity (Wildman–Crippen MR) is 105 cm³/mol. The van der Waals surface area contributed by atoms with Crippen LogP contribution in [0.1, 0.15) is 24.1 Å². The van der Waals surface area contributed by atoms with Gasteiger partial charge in [0.05, 0.1) is 24.8 Å². The molecule has 1 fully saturated rings. The third-order valence-corrected chi connectivity index (χ3v) is 4.68. The summed E-state index contributed by atoms with van der Waals surface area (Å²) >= 11 is 0. The second kappa shape index (κ2) is 8.87. The van der Waals surface area contributed by atoms with Crippen LogP contribution in [-0.2, 0) is 14.3 Å². The van der Waals surface area contributed by atoms with E-state index in [0.717, 1.165) is 0 Å². The molecule has 7 heteroatoms. The summed E-state index contributed by atoms with van der Waals surface area (Å²) in [6.45, 7) is 2.65. The number of ether oxygens (including phenoxy) is 2. The van der Waals surface area contributed by atoms with E-state index in [1.807, 2.05) is 6.92 Å². The van der Waals surface area contributed by atoms with Crippen LogP contribution in [-0.4, -0.2) is 48.6 Å². The van der Waals surface area contributed by atoms with Crippen molar-refractivity contribution in [3.63, 3.8) is 0 Å². The number of Topliss-reactive ketones (excluding diaryl/α,β-unsaturated/α-hetero) is 1. The summed E-state index contributed by atoms with van der Waals surface area (Å²) in [5.74, 6) is -1.75. The van der Waals surface area contributed by atoms with E-state index in [4.69, 9.17) is 9.47 Å². The topological polar surface area (TPSA) is 76.1 Å². The number of rotatable bonds is 7. The first-order chi connectivity index (χ1) is 14.0. The number of carbonyl (C=O) groups is 2. The number of nitrogens with zero attached hydrogens (tertiary/aromatic N) is 1. The Labute approximate surface area is 168 Å². The minimum atomic E-state index is -0.846. The van der Waals surface area contributed by atoms with Gasteiger partial charge in [0.15, 0.2) is 0 Å². The van der Waals surface area contributed by atoms with Crippen molar-refractivity contribution in [1.29, 1.82) is 0 Å². The van der Waals surface area contributed by atoms with Gasteiger partial charge >= 0.3 is 0 Å². The van der Waals surface area contributed by atoms with Crippen molar-refractivity contribution in [1.82, 2.24) is 4.90 Å². The summed E-state index contributed by atoms with van der Waals surface area (Å²) in [6, 6.07) is 11.3. The molecule has 0 aromatic heterocycles. The first kappa shape index (κ1) is 20.5. The molecule has 3 rings (SSSR count). The lowest BCUT2D eigenvalue weighted by Gasteiger charge is -2.25. The van der Waals surface area contributed by atoms with E-state index in [1.54, 1.807) is 24.3 Å². The summed E-state index contributed by atoms with van der Waals surface area (Å²) in [5.41, 5.74) is 0.823. The Morgan fingerprint density at radius 1 is 1.17 bits per heavy atom. The van der Waals surface area contributed by atoms with E-state index in [9.17, 15) is 19.1 Å². The molecule has 2 aromatic rings. The van der Waals surface area contributed by atoms with Crippen molar-refractivity contribution in [2.75, 3.05) is 26.9 Å². The Morgan fingerprint density at radius 2 is 1.90 bits per heavy atom. The molecule has 1 aliphatic rings. The third kappa shape index (κ3) is 4.14. The van der Waals surface area contributed by atoms with Gasteiger partial charge in [0.1, 0.15) is 17.3 Å². The van der Waals surface area contributed by atoms with Crippen molar-refractivity contribution >= 4 is 17.4 Å². The Bertz CT molecular complexity index is 938. The second-order valence-corrected chi connectivity index (χ2v) is 6.50. The van der Waals surface area contributed by atoms with Crippen molar-refractivity contribution in [3.8, 4) is 5.75 Å². The van der Waals surface area contributed by atoms with E-state index in [0.29, 0.717) is 23.5 Å². The summed E-state index contributed by atoms with van der Waals surface area (Å²) in [6.07, 6.45) is 0. The molecule has 1 aliphatic heterocycles. The number of aliphatic hydroxyl groups is 1. The summed E-state index contributed by atoms with van der Waals surface area (Å²) < 4.78 is 23.9. The fourth-order valence-corrected chi connectivity index (χ4v) is 3.35. The van der Waals surface area contributed by atoms with E-state index < -0.39 is 23.5 Å². The average molecular weight is 399 g/mol. The second-order valence-electron chi connectivity index (χ2n) is 6.50. The van der Waals surface area contributed by atoms with Gasteiger partial charge in [-0.25, -0.2) is 4.39 Å². The number of likely N-dealkylation sites (tertiary alicyclic amines) is 1. The molecule has 1 saturated heterocycles. The van der Waals surface area contributed by atoms with Crippen LogP contribution in [0.3, 0.4) is 0 Å². The van der Waals surface area contributed by atoms with Gasteiger partial charge in [-0.1, -0.05) is 24.3 Å². The molecular formula is C22H22FNO5. The third-order valence-electron chi connectivity index (χ3n) is 4.68. The molecule has 2 aromatic carbocycles. The van der Waals surface area contributed by atoms with Gasteiger partial charge in [-0.3, -0.25) is 9.59 Å². The molecule has 0 saturated carbocycles. The van der Waals surface area contributed by atoms with Gasteiger partial charge in [-0.05, 0) is 36.8 Å². The van der Waals surface area contributed by atoms with Gasteiger partial charge in [0.25, 0.3) is 11.7 Å². The minimum absolute atomic E-state index is 0.0497. The van der Waals surface area contributed by atoms with Crippen molar-refractivity contribution in [2.45, 2.75) is 13.0 Å². The SMILES string of the molecule is CCOc1cccc(/C(O)=C2\C(=O)C(=O)N(CCOC)C2c2ccc(F)cc2)c1. The summed E-state index contributed by atoms with van der Waals surface area (Å²) in [7, 11) is 1.49. The molecular weight excluding hydrogens is 377 g/mol. The maximum atomic E-state index is 13.4. The minimum Gasteiger partial charge on any atom is -0.507 e. The molecule has 0 bridgehead atoms. The zero-order valence-electron chi connectivity index (χ0n) is 16.2. The average Bonchev–Trinajstić information content (AvgIpc) is 2.97. The Hall–Kier alpha value is -3.19. The first-order valence-corrected chi connectivity index (χ1v) is 9.24. The number of methoxy groups -OCH3 is 1. The highest BCUT2D eigenvalue weighted by molar-refractivity contribution is 6.46. The highest BCUT2D eigenvalue weighted by Gasteiger charge is 2.45. The van der Waals surface area contributed by atoms with Crippen LogP contribution in [0.5, 0.6) is 5.75 Å². The first-order valence-electron chi connectivity index (χ1n) is 9.24. The van der Waals surface area contributed by atoms with E-state index >= 15 is 0 Å². The van der Waals surface area contributed by atoms with Crippen LogP contribution >= 0.6 is 0 Å². The van der Waals surface area contributed by atoms with Crippen molar-refractivity contribution in [2.24, 2.45) is 0 Å². The highest BCUT2D eigenvalue weighted by atomic mass is 19.1. The Morgan fingerprint density at radius 3 is 2.55 bits per heavy atom. The number of benzene rings is 2. The van der Waals surface area contributed by atoms with Crippen LogP contribution in [0.2, 0.25) is 0 Å². The Kier molecular flexibility index (Phi) is 6.29. The molecule has 152 valence electrons. The fraction of sp³-hybridized carbons (Fsp3) is 0.273. The number of halogens is 1. The number of hydrogen-bond donors (Lipinski definition) is 1. The number of hydrogen-bond acceptors (Lipinski definition) is 5. The molecule has 1 unspecified atom stereocenters.